The highest BCUT2D eigenvalue weighted by Crippen LogP contribution is 2.53. The van der Waals surface area contributed by atoms with Crippen LogP contribution >= 0.6 is 0 Å². The molecule has 0 aromatic rings. The number of fused-ring (bicyclic) bond motifs is 5. The van der Waals surface area contributed by atoms with E-state index in [1.165, 1.54) is 0 Å². The molecular weight excluding hydrogens is 258 g/mol. The quantitative estimate of drug-likeness (QED) is 0.691. The molecular formula is C15H25NO4. The first kappa shape index (κ1) is 14.1. The Morgan fingerprint density at radius 2 is 1.60 bits per heavy atom. The molecule has 3 saturated heterocycles. The maximum Gasteiger partial charge on any atom is 0.410 e. The summed E-state index contributed by atoms with van der Waals surface area (Å²) < 4.78 is 17.0. The predicted molar refractivity (Wildman–Crippen MR) is 73.4 cm³/mol. The van der Waals surface area contributed by atoms with Crippen LogP contribution in [0.4, 0.5) is 4.79 Å². The standard InChI is InChI=1S/C15H25NO4/c1-7-9-12-13(19-12)10(8(2)11(7)18-6)16(9)14(17)20-15(3,4)5/h7-13H,1-6H3/t7-,8+,9-,10+,11?,12-,13+. The lowest BCUT2D eigenvalue weighted by Crippen LogP contribution is -2.61. The molecule has 20 heavy (non-hydrogen) atoms. The molecule has 3 fully saturated rings. The summed E-state index contributed by atoms with van der Waals surface area (Å²) in [5, 5.41) is 0. The van der Waals surface area contributed by atoms with Crippen molar-refractivity contribution in [1.29, 1.82) is 0 Å². The van der Waals surface area contributed by atoms with E-state index in [4.69, 9.17) is 14.2 Å². The predicted octanol–water partition coefficient (Wildman–Crippen LogP) is 2.04. The summed E-state index contributed by atoms with van der Waals surface area (Å²) in [5.74, 6) is 0.521. The topological polar surface area (TPSA) is 51.3 Å². The minimum atomic E-state index is -0.466. The minimum Gasteiger partial charge on any atom is -0.444 e. The highest BCUT2D eigenvalue weighted by atomic mass is 16.6. The van der Waals surface area contributed by atoms with E-state index in [0.717, 1.165) is 0 Å². The van der Waals surface area contributed by atoms with Crippen LogP contribution in [-0.2, 0) is 14.2 Å². The molecule has 0 radical (unpaired) electrons. The molecule has 0 N–H and O–H groups in total. The van der Waals surface area contributed by atoms with E-state index in [1.807, 2.05) is 25.7 Å². The molecule has 3 rings (SSSR count). The van der Waals surface area contributed by atoms with Crippen molar-refractivity contribution < 1.29 is 19.0 Å². The number of hydrogen-bond acceptors (Lipinski definition) is 4. The van der Waals surface area contributed by atoms with Crippen molar-refractivity contribution in [2.75, 3.05) is 7.11 Å². The van der Waals surface area contributed by atoms with Crippen LogP contribution in [0.15, 0.2) is 0 Å². The summed E-state index contributed by atoms with van der Waals surface area (Å²) in [5.41, 5.74) is -0.466. The van der Waals surface area contributed by atoms with Gasteiger partial charge in [0.25, 0.3) is 0 Å². The van der Waals surface area contributed by atoms with Crippen molar-refractivity contribution in [2.24, 2.45) is 11.8 Å². The van der Waals surface area contributed by atoms with Crippen molar-refractivity contribution in [3.05, 3.63) is 0 Å². The number of hydrogen-bond donors (Lipinski definition) is 0. The second kappa shape index (κ2) is 4.34. The molecule has 0 saturated carbocycles. The number of morpholine rings is 1. The zero-order chi connectivity index (χ0) is 14.8. The normalized spacial score (nSPS) is 46.1. The maximum absolute atomic E-state index is 12.5. The summed E-state index contributed by atoms with van der Waals surface area (Å²) in [6.45, 7) is 10.00. The molecule has 2 bridgehead atoms. The van der Waals surface area contributed by atoms with Gasteiger partial charge in [0.15, 0.2) is 0 Å². The van der Waals surface area contributed by atoms with E-state index in [1.54, 1.807) is 7.11 Å². The van der Waals surface area contributed by atoms with Crippen LogP contribution in [0.25, 0.3) is 0 Å². The number of carbonyl (C=O) groups excluding carboxylic acids is 1. The Kier molecular flexibility index (Phi) is 3.07. The number of rotatable bonds is 1. The summed E-state index contributed by atoms with van der Waals surface area (Å²) in [7, 11) is 1.76. The average molecular weight is 283 g/mol. The van der Waals surface area contributed by atoms with Gasteiger partial charge in [0.1, 0.15) is 17.8 Å². The molecule has 0 spiro atoms. The smallest absolute Gasteiger partial charge is 0.410 e. The van der Waals surface area contributed by atoms with E-state index >= 15 is 0 Å². The number of nitrogens with zero attached hydrogens (tertiary/aromatic N) is 1. The van der Waals surface area contributed by atoms with Gasteiger partial charge in [0.05, 0.1) is 18.2 Å². The zero-order valence-electron chi connectivity index (χ0n) is 13.1. The van der Waals surface area contributed by atoms with Crippen molar-refractivity contribution >= 4 is 6.09 Å². The molecule has 3 aliphatic heterocycles. The van der Waals surface area contributed by atoms with Gasteiger partial charge < -0.3 is 14.2 Å². The van der Waals surface area contributed by atoms with Gasteiger partial charge in [-0.05, 0) is 20.8 Å². The maximum atomic E-state index is 12.5. The van der Waals surface area contributed by atoms with Crippen LogP contribution in [0.3, 0.4) is 0 Å². The minimum absolute atomic E-state index is 0.0843. The second-order valence-corrected chi connectivity index (χ2v) is 7.35. The highest BCUT2D eigenvalue weighted by Gasteiger charge is 2.70. The van der Waals surface area contributed by atoms with E-state index in [9.17, 15) is 4.79 Å². The third kappa shape index (κ3) is 1.94. The highest BCUT2D eigenvalue weighted by molar-refractivity contribution is 5.71. The first-order valence-electron chi connectivity index (χ1n) is 7.46. The molecule has 1 unspecified atom stereocenters. The number of ether oxygens (including phenoxy) is 3. The van der Waals surface area contributed by atoms with E-state index in [-0.39, 0.29) is 48.3 Å². The van der Waals surface area contributed by atoms with Gasteiger partial charge in [-0.25, -0.2) is 4.79 Å². The molecule has 114 valence electrons. The number of piperidine rings is 1. The fourth-order valence-corrected chi connectivity index (χ4v) is 4.16. The Balaban J connectivity index is 1.85. The Morgan fingerprint density at radius 3 is 2.00 bits per heavy atom. The SMILES string of the molecule is COC1[C@@H](C)[C@H]2[C@@H]3O[C@@H]3[C@@H]([C@H]1C)N2C(=O)OC(C)(C)C. The van der Waals surface area contributed by atoms with E-state index in [0.29, 0.717) is 0 Å². The van der Waals surface area contributed by atoms with Crippen molar-refractivity contribution in [1.82, 2.24) is 4.90 Å². The van der Waals surface area contributed by atoms with E-state index in [2.05, 4.69) is 13.8 Å². The third-order valence-electron chi connectivity index (χ3n) is 4.87. The summed E-state index contributed by atoms with van der Waals surface area (Å²) in [6, 6.07) is 0.169. The van der Waals surface area contributed by atoms with Crippen LogP contribution in [0.1, 0.15) is 34.6 Å². The number of epoxide rings is 1. The van der Waals surface area contributed by atoms with Crippen LogP contribution in [0.5, 0.6) is 0 Å². The Labute approximate surface area is 120 Å². The summed E-state index contributed by atoms with van der Waals surface area (Å²) in [4.78, 5) is 14.5. The summed E-state index contributed by atoms with van der Waals surface area (Å²) >= 11 is 0. The Morgan fingerprint density at radius 1 is 1.10 bits per heavy atom. The van der Waals surface area contributed by atoms with Gasteiger partial charge in [-0.1, -0.05) is 13.8 Å². The number of carbonyl (C=O) groups is 1. The molecule has 1 amide bonds. The van der Waals surface area contributed by atoms with Gasteiger partial charge >= 0.3 is 6.09 Å². The lowest BCUT2D eigenvalue weighted by molar-refractivity contribution is -0.103. The third-order valence-corrected chi connectivity index (χ3v) is 4.87. The van der Waals surface area contributed by atoms with Gasteiger partial charge in [-0.3, -0.25) is 4.90 Å². The van der Waals surface area contributed by atoms with Crippen LogP contribution in [0, 0.1) is 11.8 Å². The Bertz CT molecular complexity index is 397. The lowest BCUT2D eigenvalue weighted by atomic mass is 9.81. The molecule has 0 aromatic carbocycles. The molecule has 3 heterocycles. The average Bonchev–Trinajstić information content (AvgIpc) is 3.01. The van der Waals surface area contributed by atoms with Crippen LogP contribution in [0.2, 0.25) is 0 Å². The van der Waals surface area contributed by atoms with Crippen LogP contribution in [-0.4, -0.2) is 54.1 Å². The van der Waals surface area contributed by atoms with Gasteiger partial charge in [0, 0.05) is 18.9 Å². The molecule has 3 aliphatic rings. The fraction of sp³-hybridized carbons (Fsp3) is 0.933. The zero-order valence-corrected chi connectivity index (χ0v) is 13.1. The van der Waals surface area contributed by atoms with Crippen molar-refractivity contribution in [3.8, 4) is 0 Å². The molecule has 5 heteroatoms. The van der Waals surface area contributed by atoms with Gasteiger partial charge in [-0.15, -0.1) is 0 Å². The summed E-state index contributed by atoms with van der Waals surface area (Å²) in [6.07, 6.45) is 0.312. The van der Waals surface area contributed by atoms with Crippen molar-refractivity contribution in [3.63, 3.8) is 0 Å². The molecule has 0 aromatic heterocycles. The van der Waals surface area contributed by atoms with E-state index < -0.39 is 5.60 Å². The van der Waals surface area contributed by atoms with Gasteiger partial charge in [0.2, 0.25) is 0 Å². The largest absolute Gasteiger partial charge is 0.444 e. The van der Waals surface area contributed by atoms with Crippen molar-refractivity contribution in [2.45, 2.75) is 70.6 Å². The van der Waals surface area contributed by atoms with Crippen LogP contribution < -0.4 is 0 Å². The first-order chi connectivity index (χ1) is 9.26. The Hall–Kier alpha value is -0.810. The fourth-order valence-electron chi connectivity index (χ4n) is 4.16. The molecule has 0 aliphatic carbocycles. The van der Waals surface area contributed by atoms with Gasteiger partial charge in [-0.2, -0.15) is 0 Å². The lowest BCUT2D eigenvalue weighted by Gasteiger charge is -2.48. The number of methoxy groups -OCH3 is 1. The second-order valence-electron chi connectivity index (χ2n) is 7.35. The first-order valence-corrected chi connectivity index (χ1v) is 7.46. The molecule has 5 nitrogen and oxygen atoms in total. The molecule has 7 atom stereocenters. The monoisotopic (exact) mass is 283 g/mol. The number of amides is 1.